The zero-order valence-electron chi connectivity index (χ0n) is 14.7. The topological polar surface area (TPSA) is 62.5 Å². The number of nitrogens with one attached hydrogen (secondary N) is 1. The number of para-hydroxylation sites is 1. The number of hydrazone groups is 1. The molecule has 0 saturated heterocycles. The van der Waals surface area contributed by atoms with Gasteiger partial charge in [-0.15, -0.1) is 0 Å². The summed E-state index contributed by atoms with van der Waals surface area (Å²) in [5.74, 6) is 0.0689. The number of anilines is 1. The Morgan fingerprint density at radius 1 is 1.19 bits per heavy atom. The molecule has 8 heteroatoms. The van der Waals surface area contributed by atoms with Gasteiger partial charge in [-0.1, -0.05) is 57.9 Å². The number of hydrogen-bond donors (Lipinski definition) is 1. The van der Waals surface area contributed by atoms with Crippen molar-refractivity contribution in [1.29, 1.82) is 0 Å². The second-order valence-corrected chi connectivity index (χ2v) is 7.14. The van der Waals surface area contributed by atoms with Crippen LogP contribution in [0.25, 0.3) is 5.69 Å². The zero-order chi connectivity index (χ0) is 19.4. The largest absolute Gasteiger partial charge is 0.348 e. The third-order valence-electron chi connectivity index (χ3n) is 3.68. The molecule has 0 fully saturated rings. The summed E-state index contributed by atoms with van der Waals surface area (Å²) in [6.07, 6.45) is 1.55. The van der Waals surface area contributed by atoms with Crippen LogP contribution in [0, 0.1) is 0 Å². The Balaban J connectivity index is 1.86. The molecule has 1 heterocycles. The molecule has 27 heavy (non-hydrogen) atoms. The van der Waals surface area contributed by atoms with Crippen LogP contribution in [-0.2, 0) is 0 Å². The molecule has 6 nitrogen and oxygen atoms in total. The molecule has 1 N–H and O–H groups in total. The minimum absolute atomic E-state index is 0.108. The molecule has 1 aromatic heterocycles. The van der Waals surface area contributed by atoms with E-state index >= 15 is 0 Å². The molecule has 2 aromatic carbocycles. The van der Waals surface area contributed by atoms with E-state index < -0.39 is 5.91 Å². The Kier molecular flexibility index (Phi) is 5.93. The van der Waals surface area contributed by atoms with Crippen LogP contribution in [0.3, 0.4) is 0 Å². The quantitative estimate of drug-likeness (QED) is 0.474. The number of imidazole rings is 1. The van der Waals surface area contributed by atoms with Gasteiger partial charge in [-0.25, -0.2) is 10.4 Å². The molecule has 138 valence electrons. The van der Waals surface area contributed by atoms with Crippen LogP contribution < -0.4 is 10.3 Å². The smallest absolute Gasteiger partial charge is 0.293 e. The Hall–Kier alpha value is -2.64. The van der Waals surface area contributed by atoms with Crippen molar-refractivity contribution in [2.75, 3.05) is 19.0 Å². The highest BCUT2D eigenvalue weighted by molar-refractivity contribution is 9.10. The van der Waals surface area contributed by atoms with Gasteiger partial charge in [0.15, 0.2) is 5.69 Å². The summed E-state index contributed by atoms with van der Waals surface area (Å²) < 4.78 is 2.69. The normalized spacial score (nSPS) is 11.0. The average Bonchev–Trinajstić information content (AvgIpc) is 3.01. The van der Waals surface area contributed by atoms with Crippen LogP contribution in [-0.4, -0.2) is 35.8 Å². The fraction of sp³-hybridized carbons (Fsp3) is 0.105. The molecular formula is C19H17BrClN5O. The summed E-state index contributed by atoms with van der Waals surface area (Å²) >= 11 is 9.84. The van der Waals surface area contributed by atoms with Crippen molar-refractivity contribution in [2.24, 2.45) is 5.10 Å². The Morgan fingerprint density at radius 2 is 1.85 bits per heavy atom. The first kappa shape index (κ1) is 19.1. The van der Waals surface area contributed by atoms with Crippen LogP contribution in [0.4, 0.5) is 5.95 Å². The van der Waals surface area contributed by atoms with Crippen LogP contribution in [0.5, 0.6) is 0 Å². The molecule has 0 atom stereocenters. The SMILES string of the molecule is CN(C)c1nc(C(=O)N/N=C/c2ccc(Br)cc2)c(Cl)n1-c1ccccc1. The molecule has 1 amide bonds. The number of aromatic nitrogens is 2. The molecule has 3 aromatic rings. The zero-order valence-corrected chi connectivity index (χ0v) is 17.1. The van der Waals surface area contributed by atoms with E-state index in [1.165, 1.54) is 0 Å². The summed E-state index contributed by atoms with van der Waals surface area (Å²) in [5, 5.41) is 4.21. The molecule has 0 aliphatic heterocycles. The summed E-state index contributed by atoms with van der Waals surface area (Å²) in [4.78, 5) is 18.7. The second kappa shape index (κ2) is 8.37. The predicted octanol–water partition coefficient (Wildman–Crippen LogP) is 4.12. The molecule has 0 saturated carbocycles. The van der Waals surface area contributed by atoms with Crippen molar-refractivity contribution in [3.05, 3.63) is 75.5 Å². The standard InChI is InChI=1S/C19H17BrClN5O/c1-25(2)19-23-16(17(21)26(19)15-6-4-3-5-7-15)18(27)24-22-12-13-8-10-14(20)11-9-13/h3-12H,1-2H3,(H,24,27)/b22-12+. The van der Waals surface area contributed by atoms with E-state index in [0.29, 0.717) is 5.95 Å². The van der Waals surface area contributed by atoms with E-state index in [4.69, 9.17) is 11.6 Å². The van der Waals surface area contributed by atoms with Crippen molar-refractivity contribution in [1.82, 2.24) is 15.0 Å². The number of carbonyl (C=O) groups excluding carboxylic acids is 1. The predicted molar refractivity (Wildman–Crippen MR) is 112 cm³/mol. The highest BCUT2D eigenvalue weighted by Gasteiger charge is 2.23. The molecule has 0 aliphatic carbocycles. The molecule has 0 aliphatic rings. The Morgan fingerprint density at radius 3 is 2.48 bits per heavy atom. The number of hydrogen-bond acceptors (Lipinski definition) is 4. The highest BCUT2D eigenvalue weighted by atomic mass is 79.9. The van der Waals surface area contributed by atoms with Crippen LogP contribution >= 0.6 is 27.5 Å². The first-order valence-electron chi connectivity index (χ1n) is 8.07. The van der Waals surface area contributed by atoms with Gasteiger partial charge < -0.3 is 4.90 Å². The maximum atomic E-state index is 12.5. The van der Waals surface area contributed by atoms with Gasteiger partial charge in [-0.05, 0) is 29.8 Å². The molecule has 0 radical (unpaired) electrons. The van der Waals surface area contributed by atoms with Crippen molar-refractivity contribution < 1.29 is 4.79 Å². The van der Waals surface area contributed by atoms with Gasteiger partial charge in [0.25, 0.3) is 5.91 Å². The molecular weight excluding hydrogens is 430 g/mol. The lowest BCUT2D eigenvalue weighted by molar-refractivity contribution is 0.0951. The number of benzene rings is 2. The van der Waals surface area contributed by atoms with E-state index in [1.807, 2.05) is 68.7 Å². The van der Waals surface area contributed by atoms with Crippen LogP contribution in [0.1, 0.15) is 16.1 Å². The molecule has 3 rings (SSSR count). The summed E-state index contributed by atoms with van der Waals surface area (Å²) in [5.41, 5.74) is 4.25. The Labute approximate surface area is 170 Å². The fourth-order valence-electron chi connectivity index (χ4n) is 2.41. The van der Waals surface area contributed by atoms with Gasteiger partial charge in [-0.2, -0.15) is 5.10 Å². The van der Waals surface area contributed by atoms with Gasteiger partial charge in [0.05, 0.1) is 6.21 Å². The van der Waals surface area contributed by atoms with E-state index in [2.05, 4.69) is 31.4 Å². The van der Waals surface area contributed by atoms with Gasteiger partial charge in [0, 0.05) is 24.3 Å². The van der Waals surface area contributed by atoms with Crippen LogP contribution in [0.2, 0.25) is 5.15 Å². The van der Waals surface area contributed by atoms with Crippen molar-refractivity contribution in [2.45, 2.75) is 0 Å². The lowest BCUT2D eigenvalue weighted by Gasteiger charge is -2.14. The summed E-state index contributed by atoms with van der Waals surface area (Å²) in [6, 6.07) is 17.0. The average molecular weight is 447 g/mol. The van der Waals surface area contributed by atoms with E-state index in [9.17, 15) is 4.79 Å². The third kappa shape index (κ3) is 4.37. The monoisotopic (exact) mass is 445 g/mol. The van der Waals surface area contributed by atoms with E-state index in [-0.39, 0.29) is 10.8 Å². The maximum absolute atomic E-state index is 12.5. The van der Waals surface area contributed by atoms with E-state index in [0.717, 1.165) is 15.7 Å². The van der Waals surface area contributed by atoms with Gasteiger partial charge in [-0.3, -0.25) is 9.36 Å². The number of rotatable bonds is 5. The Bertz CT molecular complexity index is 968. The number of amides is 1. The second-order valence-electron chi connectivity index (χ2n) is 5.87. The maximum Gasteiger partial charge on any atom is 0.293 e. The fourth-order valence-corrected chi connectivity index (χ4v) is 2.97. The number of carbonyl (C=O) groups is 1. The summed E-state index contributed by atoms with van der Waals surface area (Å²) in [6.45, 7) is 0. The van der Waals surface area contributed by atoms with Gasteiger partial charge in [0.1, 0.15) is 5.15 Å². The van der Waals surface area contributed by atoms with Crippen LogP contribution in [0.15, 0.2) is 64.2 Å². The first-order chi connectivity index (χ1) is 13.0. The molecule has 0 spiro atoms. The summed E-state index contributed by atoms with van der Waals surface area (Å²) in [7, 11) is 3.68. The van der Waals surface area contributed by atoms with Crippen molar-refractivity contribution in [3.8, 4) is 5.69 Å². The minimum atomic E-state index is -0.480. The lowest BCUT2D eigenvalue weighted by atomic mass is 10.2. The van der Waals surface area contributed by atoms with E-state index in [1.54, 1.807) is 15.7 Å². The molecule has 0 unspecified atom stereocenters. The van der Waals surface area contributed by atoms with Crippen molar-refractivity contribution in [3.63, 3.8) is 0 Å². The van der Waals surface area contributed by atoms with Gasteiger partial charge in [0.2, 0.25) is 5.95 Å². The van der Waals surface area contributed by atoms with Gasteiger partial charge >= 0.3 is 0 Å². The van der Waals surface area contributed by atoms with Crippen molar-refractivity contribution >= 4 is 45.6 Å². The number of halogens is 2. The highest BCUT2D eigenvalue weighted by Crippen LogP contribution is 2.27. The number of nitrogens with zero attached hydrogens (tertiary/aromatic N) is 4. The molecule has 0 bridgehead atoms. The third-order valence-corrected chi connectivity index (χ3v) is 4.56. The first-order valence-corrected chi connectivity index (χ1v) is 9.24. The lowest BCUT2D eigenvalue weighted by Crippen LogP contribution is -2.19. The minimum Gasteiger partial charge on any atom is -0.348 e.